The van der Waals surface area contributed by atoms with Crippen molar-refractivity contribution in [1.82, 2.24) is 0 Å². The van der Waals surface area contributed by atoms with Crippen LogP contribution in [0.5, 0.6) is 0 Å². The minimum absolute atomic E-state index is 0.357. The fourth-order valence-electron chi connectivity index (χ4n) is 2.57. The van der Waals surface area contributed by atoms with Gasteiger partial charge in [0.1, 0.15) is 5.00 Å². The number of hydrogen-bond donors (Lipinski definition) is 1. The van der Waals surface area contributed by atoms with Gasteiger partial charge in [0.2, 0.25) is 0 Å². The molecule has 0 aliphatic heterocycles. The van der Waals surface area contributed by atoms with Crippen LogP contribution in [0.2, 0.25) is 0 Å². The fraction of sp³-hybridized carbons (Fsp3) is 0.250. The molecule has 1 amide bonds. The normalized spacial score (nSPS) is 14.4. The third kappa shape index (κ3) is 2.51. The van der Waals surface area contributed by atoms with E-state index < -0.39 is 0 Å². The molecule has 0 saturated carbocycles. The largest absolute Gasteiger partial charge is 0.365 e. The number of aliphatic imine (C=N–C) groups is 1. The molecule has 1 aromatic heterocycles. The summed E-state index contributed by atoms with van der Waals surface area (Å²) in [5.41, 5.74) is 8.34. The maximum Gasteiger partial charge on any atom is 0.252 e. The van der Waals surface area contributed by atoms with Gasteiger partial charge in [0, 0.05) is 11.1 Å². The Bertz CT molecular complexity index is 659. The second-order valence-electron chi connectivity index (χ2n) is 4.92. The molecule has 3 rings (SSSR count). The third-order valence-corrected chi connectivity index (χ3v) is 4.73. The van der Waals surface area contributed by atoms with Crippen LogP contribution in [0.25, 0.3) is 0 Å². The van der Waals surface area contributed by atoms with Crippen LogP contribution in [0.15, 0.2) is 35.3 Å². The third-order valence-electron chi connectivity index (χ3n) is 3.53. The van der Waals surface area contributed by atoms with Crippen LogP contribution in [0.4, 0.5) is 5.00 Å². The summed E-state index contributed by atoms with van der Waals surface area (Å²) in [7, 11) is 0. The van der Waals surface area contributed by atoms with Gasteiger partial charge in [0.15, 0.2) is 0 Å². The molecule has 1 aliphatic carbocycles. The molecule has 0 spiro atoms. The SMILES string of the molecule is NC(=O)c1c(N=Cc2ccccc2)sc2c1CCCC2. The Hall–Kier alpha value is -1.94. The lowest BCUT2D eigenvalue weighted by Crippen LogP contribution is -2.14. The number of thiophene rings is 1. The standard InChI is InChI=1S/C16H16N2OS/c17-15(19)14-12-8-4-5-9-13(12)20-16(14)18-10-11-6-2-1-3-7-11/h1-3,6-7,10H,4-5,8-9H2,(H2,17,19). The average molecular weight is 284 g/mol. The lowest BCUT2D eigenvalue weighted by molar-refractivity contribution is 0.100. The van der Waals surface area contributed by atoms with E-state index in [4.69, 9.17) is 5.73 Å². The molecule has 0 unspecified atom stereocenters. The van der Waals surface area contributed by atoms with Crippen LogP contribution < -0.4 is 5.73 Å². The van der Waals surface area contributed by atoms with Crippen molar-refractivity contribution in [1.29, 1.82) is 0 Å². The maximum absolute atomic E-state index is 11.7. The molecule has 1 aliphatic rings. The van der Waals surface area contributed by atoms with E-state index in [-0.39, 0.29) is 5.91 Å². The van der Waals surface area contributed by atoms with Crippen molar-refractivity contribution in [2.24, 2.45) is 10.7 Å². The van der Waals surface area contributed by atoms with Gasteiger partial charge in [0.25, 0.3) is 5.91 Å². The molecule has 1 aromatic carbocycles. The molecule has 1 heterocycles. The van der Waals surface area contributed by atoms with Gasteiger partial charge in [-0.15, -0.1) is 11.3 Å². The number of aryl methyl sites for hydroxylation is 1. The Morgan fingerprint density at radius 2 is 1.95 bits per heavy atom. The van der Waals surface area contributed by atoms with Crippen LogP contribution in [-0.4, -0.2) is 12.1 Å². The highest BCUT2D eigenvalue weighted by molar-refractivity contribution is 7.16. The van der Waals surface area contributed by atoms with E-state index in [1.807, 2.05) is 30.3 Å². The second-order valence-corrected chi connectivity index (χ2v) is 6.01. The van der Waals surface area contributed by atoms with Crippen LogP contribution in [-0.2, 0) is 12.8 Å². The minimum Gasteiger partial charge on any atom is -0.365 e. The highest BCUT2D eigenvalue weighted by atomic mass is 32.1. The van der Waals surface area contributed by atoms with E-state index in [1.54, 1.807) is 17.6 Å². The summed E-state index contributed by atoms with van der Waals surface area (Å²) in [5.74, 6) is -0.357. The number of fused-ring (bicyclic) bond motifs is 1. The van der Waals surface area contributed by atoms with Crippen molar-refractivity contribution in [3.05, 3.63) is 51.9 Å². The highest BCUT2D eigenvalue weighted by Gasteiger charge is 2.23. The average Bonchev–Trinajstić information content (AvgIpc) is 2.84. The number of primary amides is 1. The van der Waals surface area contributed by atoms with Crippen molar-refractivity contribution in [2.75, 3.05) is 0 Å². The molecule has 3 nitrogen and oxygen atoms in total. The molecule has 20 heavy (non-hydrogen) atoms. The van der Waals surface area contributed by atoms with Crippen molar-refractivity contribution < 1.29 is 4.79 Å². The van der Waals surface area contributed by atoms with E-state index >= 15 is 0 Å². The first-order chi connectivity index (χ1) is 9.75. The number of carbonyl (C=O) groups is 1. The van der Waals surface area contributed by atoms with Crippen LogP contribution in [0.3, 0.4) is 0 Å². The Balaban J connectivity index is 1.99. The van der Waals surface area contributed by atoms with Crippen molar-refractivity contribution in [3.8, 4) is 0 Å². The quantitative estimate of drug-likeness (QED) is 0.862. The first-order valence-electron chi connectivity index (χ1n) is 6.79. The van der Waals surface area contributed by atoms with E-state index in [9.17, 15) is 4.79 Å². The van der Waals surface area contributed by atoms with E-state index in [2.05, 4.69) is 4.99 Å². The molecule has 0 radical (unpaired) electrons. The molecular weight excluding hydrogens is 268 g/mol. The van der Waals surface area contributed by atoms with Gasteiger partial charge in [-0.05, 0) is 36.8 Å². The number of nitrogens with two attached hydrogens (primary N) is 1. The van der Waals surface area contributed by atoms with Gasteiger partial charge >= 0.3 is 0 Å². The molecule has 0 atom stereocenters. The van der Waals surface area contributed by atoms with Gasteiger partial charge in [-0.2, -0.15) is 0 Å². The molecular formula is C16H16N2OS. The summed E-state index contributed by atoms with van der Waals surface area (Å²) in [4.78, 5) is 17.5. The zero-order chi connectivity index (χ0) is 13.9. The van der Waals surface area contributed by atoms with Crippen molar-refractivity contribution in [3.63, 3.8) is 0 Å². The van der Waals surface area contributed by atoms with Crippen LogP contribution in [0, 0.1) is 0 Å². The molecule has 2 N–H and O–H groups in total. The Labute approximate surface area is 122 Å². The second kappa shape index (κ2) is 5.59. The topological polar surface area (TPSA) is 55.5 Å². The van der Waals surface area contributed by atoms with Crippen LogP contribution in [0.1, 0.15) is 39.2 Å². The Morgan fingerprint density at radius 1 is 1.20 bits per heavy atom. The first kappa shape index (κ1) is 13.1. The zero-order valence-corrected chi connectivity index (χ0v) is 12.0. The predicted octanol–water partition coefficient (Wildman–Crippen LogP) is 3.48. The summed E-state index contributed by atoms with van der Waals surface area (Å²) >= 11 is 1.61. The molecule has 2 aromatic rings. The predicted molar refractivity (Wildman–Crippen MR) is 83.2 cm³/mol. The van der Waals surface area contributed by atoms with E-state index in [0.717, 1.165) is 35.4 Å². The minimum atomic E-state index is -0.357. The summed E-state index contributed by atoms with van der Waals surface area (Å²) in [6.07, 6.45) is 6.11. The number of hydrogen-bond acceptors (Lipinski definition) is 3. The van der Waals surface area contributed by atoms with E-state index in [0.29, 0.717) is 5.56 Å². The number of carbonyl (C=O) groups excluding carboxylic acids is 1. The van der Waals surface area contributed by atoms with E-state index in [1.165, 1.54) is 11.3 Å². The molecule has 0 saturated heterocycles. The smallest absolute Gasteiger partial charge is 0.252 e. The maximum atomic E-state index is 11.7. The molecule has 4 heteroatoms. The number of rotatable bonds is 3. The Kier molecular flexibility index (Phi) is 3.65. The van der Waals surface area contributed by atoms with Crippen molar-refractivity contribution >= 4 is 28.5 Å². The fourth-order valence-corrected chi connectivity index (χ4v) is 3.81. The monoisotopic (exact) mass is 284 g/mol. The lowest BCUT2D eigenvalue weighted by atomic mass is 9.95. The first-order valence-corrected chi connectivity index (χ1v) is 7.61. The zero-order valence-electron chi connectivity index (χ0n) is 11.1. The summed E-state index contributed by atoms with van der Waals surface area (Å²) < 4.78 is 0. The van der Waals surface area contributed by atoms with Crippen LogP contribution >= 0.6 is 11.3 Å². The summed E-state index contributed by atoms with van der Waals surface area (Å²) in [5, 5.41) is 0.758. The lowest BCUT2D eigenvalue weighted by Gasteiger charge is -2.10. The van der Waals surface area contributed by atoms with Gasteiger partial charge in [-0.1, -0.05) is 30.3 Å². The van der Waals surface area contributed by atoms with Gasteiger partial charge in [0.05, 0.1) is 5.56 Å². The number of amides is 1. The van der Waals surface area contributed by atoms with Crippen molar-refractivity contribution in [2.45, 2.75) is 25.7 Å². The number of benzene rings is 1. The van der Waals surface area contributed by atoms with Gasteiger partial charge in [-0.3, -0.25) is 4.79 Å². The van der Waals surface area contributed by atoms with Gasteiger partial charge < -0.3 is 5.73 Å². The summed E-state index contributed by atoms with van der Waals surface area (Å²) in [6, 6.07) is 9.88. The Morgan fingerprint density at radius 3 is 2.70 bits per heavy atom. The highest BCUT2D eigenvalue weighted by Crippen LogP contribution is 2.39. The molecule has 102 valence electrons. The molecule has 0 fully saturated rings. The summed E-state index contributed by atoms with van der Waals surface area (Å²) in [6.45, 7) is 0. The molecule has 0 bridgehead atoms. The van der Waals surface area contributed by atoms with Gasteiger partial charge in [-0.25, -0.2) is 4.99 Å². The number of nitrogens with zero attached hydrogens (tertiary/aromatic N) is 1.